The van der Waals surface area contributed by atoms with Gasteiger partial charge in [-0.2, -0.15) is 13.2 Å². The number of aromatic nitrogens is 1. The summed E-state index contributed by atoms with van der Waals surface area (Å²) in [4.78, 5) is 12.2. The van der Waals surface area contributed by atoms with Crippen LogP contribution in [-0.2, 0) is 14.7 Å². The molecule has 0 spiro atoms. The van der Waals surface area contributed by atoms with Crippen LogP contribution in [0.3, 0.4) is 0 Å². The lowest BCUT2D eigenvalue weighted by molar-refractivity contribution is -0.165. The molecule has 2 N–H and O–H groups in total. The predicted molar refractivity (Wildman–Crippen MR) is 108 cm³/mol. The van der Waals surface area contributed by atoms with Crippen molar-refractivity contribution >= 4 is 30.1 Å². The van der Waals surface area contributed by atoms with Gasteiger partial charge < -0.3 is 19.1 Å². The minimum atomic E-state index is -4.46. The van der Waals surface area contributed by atoms with Crippen molar-refractivity contribution in [2.45, 2.75) is 63.3 Å². The highest BCUT2D eigenvalue weighted by Crippen LogP contribution is 2.59. The van der Waals surface area contributed by atoms with Gasteiger partial charge in [0, 0.05) is 6.07 Å². The second-order valence-electron chi connectivity index (χ2n) is 9.06. The van der Waals surface area contributed by atoms with Gasteiger partial charge in [-0.3, -0.25) is 5.32 Å². The first kappa shape index (κ1) is 22.6. The van der Waals surface area contributed by atoms with Gasteiger partial charge in [-0.15, -0.1) is 0 Å². The maximum Gasteiger partial charge on any atom is 0.494 e. The molecule has 4 rings (SSSR count). The molecule has 2 fully saturated rings. The van der Waals surface area contributed by atoms with Crippen LogP contribution in [0.25, 0.3) is 0 Å². The van der Waals surface area contributed by atoms with Gasteiger partial charge in [0.15, 0.2) is 11.6 Å². The third kappa shape index (κ3) is 3.85. The largest absolute Gasteiger partial charge is 0.494 e. The van der Waals surface area contributed by atoms with E-state index in [-0.39, 0.29) is 30.1 Å². The fraction of sp³-hybridized carbons (Fsp3) is 0.500. The normalized spacial score (nSPS) is 20.8. The molecule has 1 aromatic heterocycles. The molecule has 2 aromatic rings. The van der Waals surface area contributed by atoms with Gasteiger partial charge in [-0.1, -0.05) is 11.2 Å². The fourth-order valence-corrected chi connectivity index (χ4v) is 3.38. The number of carbonyl (C=O) groups excluding carboxylic acids is 1. The van der Waals surface area contributed by atoms with E-state index in [1.54, 1.807) is 6.07 Å². The standard InChI is InChI=1S/C20H22BF4N3O4/c1-17(2)18(3,4)32-21(31-17)11-5-6-13(12(22)9-11)26-16(29)27-15-10-14(30-28-15)19(7-8-19)20(23,24)25/h5-6,9-10H,7-8H2,1-4H3,(H2,26,27,28,29). The first-order valence-electron chi connectivity index (χ1n) is 10.0. The zero-order valence-electron chi connectivity index (χ0n) is 17.9. The van der Waals surface area contributed by atoms with E-state index >= 15 is 0 Å². The molecular formula is C20H22BF4N3O4. The third-order valence-corrected chi connectivity index (χ3v) is 6.28. The summed E-state index contributed by atoms with van der Waals surface area (Å²) in [5.74, 6) is -1.30. The van der Waals surface area contributed by atoms with Crippen molar-refractivity contribution in [1.82, 2.24) is 5.16 Å². The number of rotatable bonds is 4. The Morgan fingerprint density at radius 2 is 1.69 bits per heavy atom. The number of hydrogen-bond donors (Lipinski definition) is 2. The average Bonchev–Trinajstić information content (AvgIpc) is 3.31. The molecule has 1 aliphatic carbocycles. The molecule has 2 aliphatic rings. The highest BCUT2D eigenvalue weighted by atomic mass is 19.4. The van der Waals surface area contributed by atoms with Crippen molar-refractivity contribution < 1.29 is 36.2 Å². The molecule has 0 unspecified atom stereocenters. The summed E-state index contributed by atoms with van der Waals surface area (Å²) >= 11 is 0. The van der Waals surface area contributed by atoms with Crippen LogP contribution in [0.5, 0.6) is 0 Å². The highest BCUT2D eigenvalue weighted by Gasteiger charge is 2.67. The van der Waals surface area contributed by atoms with E-state index in [2.05, 4.69) is 15.8 Å². The molecule has 32 heavy (non-hydrogen) atoms. The van der Waals surface area contributed by atoms with E-state index in [0.29, 0.717) is 5.46 Å². The first-order valence-corrected chi connectivity index (χ1v) is 10.0. The van der Waals surface area contributed by atoms with E-state index in [4.69, 9.17) is 13.8 Å². The summed E-state index contributed by atoms with van der Waals surface area (Å²) < 4.78 is 70.6. The molecule has 0 radical (unpaired) electrons. The van der Waals surface area contributed by atoms with Gasteiger partial charge in [0.25, 0.3) is 0 Å². The Bertz CT molecular complexity index is 1030. The lowest BCUT2D eigenvalue weighted by atomic mass is 9.79. The Labute approximate surface area is 181 Å². The molecule has 2 amide bonds. The summed E-state index contributed by atoms with van der Waals surface area (Å²) in [5.41, 5.74) is -2.93. The van der Waals surface area contributed by atoms with Crippen molar-refractivity contribution in [2.24, 2.45) is 0 Å². The van der Waals surface area contributed by atoms with Crippen molar-refractivity contribution in [3.63, 3.8) is 0 Å². The third-order valence-electron chi connectivity index (χ3n) is 6.28. The minimum absolute atomic E-state index is 0.0995. The molecule has 12 heteroatoms. The number of halogens is 4. The zero-order valence-corrected chi connectivity index (χ0v) is 17.9. The van der Waals surface area contributed by atoms with Crippen LogP contribution in [0.2, 0.25) is 0 Å². The summed E-state index contributed by atoms with van der Waals surface area (Å²) in [5, 5.41) is 7.99. The van der Waals surface area contributed by atoms with Crippen LogP contribution >= 0.6 is 0 Å². The SMILES string of the molecule is CC1(C)OB(c2ccc(NC(=O)Nc3cc(C4(C(F)(F)F)CC4)on3)c(F)c2)OC1(C)C. The minimum Gasteiger partial charge on any atom is -0.399 e. The second-order valence-corrected chi connectivity index (χ2v) is 9.06. The topological polar surface area (TPSA) is 85.6 Å². The van der Waals surface area contributed by atoms with Crippen LogP contribution in [-0.4, -0.2) is 35.7 Å². The summed E-state index contributed by atoms with van der Waals surface area (Å²) in [6.45, 7) is 7.49. The van der Waals surface area contributed by atoms with Crippen molar-refractivity contribution in [2.75, 3.05) is 10.6 Å². The van der Waals surface area contributed by atoms with Crippen molar-refractivity contribution in [3.05, 3.63) is 35.8 Å². The Morgan fingerprint density at radius 3 is 2.22 bits per heavy atom. The molecule has 172 valence electrons. The number of anilines is 2. The summed E-state index contributed by atoms with van der Waals surface area (Å²) in [6, 6.07) is 4.22. The van der Waals surface area contributed by atoms with E-state index < -0.39 is 41.8 Å². The van der Waals surface area contributed by atoms with Crippen LogP contribution in [0.4, 0.5) is 33.9 Å². The fourth-order valence-electron chi connectivity index (χ4n) is 3.38. The van der Waals surface area contributed by atoms with E-state index in [1.807, 2.05) is 27.7 Å². The summed E-state index contributed by atoms with van der Waals surface area (Å²) in [6.07, 6.45) is -4.66. The Balaban J connectivity index is 1.41. The van der Waals surface area contributed by atoms with Crippen molar-refractivity contribution in [1.29, 1.82) is 0 Å². The van der Waals surface area contributed by atoms with Crippen LogP contribution < -0.4 is 16.1 Å². The first-order chi connectivity index (χ1) is 14.7. The van der Waals surface area contributed by atoms with Crippen LogP contribution in [0.1, 0.15) is 46.3 Å². The lowest BCUT2D eigenvalue weighted by Crippen LogP contribution is -2.41. The van der Waals surface area contributed by atoms with Gasteiger partial charge in [0.05, 0.1) is 16.9 Å². The van der Waals surface area contributed by atoms with Gasteiger partial charge in [-0.25, -0.2) is 9.18 Å². The Morgan fingerprint density at radius 1 is 1.06 bits per heavy atom. The Hall–Kier alpha value is -2.60. The number of nitrogens with zero attached hydrogens (tertiary/aromatic N) is 1. The number of carbonyl (C=O) groups is 1. The summed E-state index contributed by atoms with van der Waals surface area (Å²) in [7, 11) is -0.769. The Kier molecular flexibility index (Phi) is 5.09. The van der Waals surface area contributed by atoms with Crippen LogP contribution in [0.15, 0.2) is 28.8 Å². The lowest BCUT2D eigenvalue weighted by Gasteiger charge is -2.32. The molecule has 2 heterocycles. The number of amides is 2. The molecule has 1 saturated carbocycles. The second kappa shape index (κ2) is 7.21. The van der Waals surface area contributed by atoms with E-state index in [0.717, 1.165) is 6.07 Å². The average molecular weight is 455 g/mol. The quantitative estimate of drug-likeness (QED) is 0.529. The number of urea groups is 1. The van der Waals surface area contributed by atoms with Gasteiger partial charge in [-0.05, 0) is 58.1 Å². The number of nitrogens with one attached hydrogen (secondary N) is 2. The predicted octanol–water partition coefficient (Wildman–Crippen LogP) is 4.35. The molecule has 0 bridgehead atoms. The number of benzene rings is 1. The molecule has 0 atom stereocenters. The molecule has 1 aromatic carbocycles. The molecular weight excluding hydrogens is 433 g/mol. The monoisotopic (exact) mass is 455 g/mol. The zero-order chi connectivity index (χ0) is 23.5. The van der Waals surface area contributed by atoms with Crippen LogP contribution in [0, 0.1) is 5.82 Å². The van der Waals surface area contributed by atoms with Crippen molar-refractivity contribution in [3.8, 4) is 0 Å². The maximum atomic E-state index is 14.6. The van der Waals surface area contributed by atoms with E-state index in [9.17, 15) is 22.4 Å². The highest BCUT2D eigenvalue weighted by molar-refractivity contribution is 6.62. The molecule has 7 nitrogen and oxygen atoms in total. The van der Waals surface area contributed by atoms with Gasteiger partial charge >= 0.3 is 19.3 Å². The molecule has 1 aliphatic heterocycles. The number of alkyl halides is 3. The van der Waals surface area contributed by atoms with Gasteiger partial charge in [0.2, 0.25) is 0 Å². The molecule has 1 saturated heterocycles. The maximum absolute atomic E-state index is 14.6. The number of hydrogen-bond acceptors (Lipinski definition) is 5. The smallest absolute Gasteiger partial charge is 0.399 e. The van der Waals surface area contributed by atoms with E-state index in [1.165, 1.54) is 12.1 Å². The van der Waals surface area contributed by atoms with Gasteiger partial charge in [0.1, 0.15) is 11.2 Å².